The monoisotopic (exact) mass is 276 g/mol. The van der Waals surface area contributed by atoms with Crippen molar-refractivity contribution < 1.29 is 19.8 Å². The molecule has 104 valence electrons. The summed E-state index contributed by atoms with van der Waals surface area (Å²) in [5.41, 5.74) is 0. The SMILES string of the molecule is O=C(NCC1CCSCC1)N[C@@H](CCO)C(=O)O. The summed E-state index contributed by atoms with van der Waals surface area (Å²) >= 11 is 1.92. The molecule has 0 aromatic rings. The first-order chi connectivity index (χ1) is 8.63. The van der Waals surface area contributed by atoms with Gasteiger partial charge < -0.3 is 20.8 Å². The summed E-state index contributed by atoms with van der Waals surface area (Å²) in [5.74, 6) is 1.60. The number of carboxylic acids is 1. The first kappa shape index (κ1) is 15.1. The number of rotatable bonds is 6. The second kappa shape index (κ2) is 8.20. The zero-order valence-electron chi connectivity index (χ0n) is 10.2. The molecule has 6 nitrogen and oxygen atoms in total. The number of urea groups is 1. The quantitative estimate of drug-likeness (QED) is 0.558. The largest absolute Gasteiger partial charge is 0.480 e. The predicted octanol–water partition coefficient (Wildman–Crippen LogP) is 0.264. The molecule has 1 fully saturated rings. The highest BCUT2D eigenvalue weighted by Gasteiger charge is 2.20. The van der Waals surface area contributed by atoms with Gasteiger partial charge in [-0.05, 0) is 30.3 Å². The van der Waals surface area contributed by atoms with E-state index < -0.39 is 18.0 Å². The van der Waals surface area contributed by atoms with Crippen molar-refractivity contribution in [2.75, 3.05) is 24.7 Å². The second-order valence-electron chi connectivity index (χ2n) is 4.31. The Bertz CT molecular complexity index is 282. The van der Waals surface area contributed by atoms with Gasteiger partial charge in [0, 0.05) is 19.6 Å². The number of carbonyl (C=O) groups excluding carboxylic acids is 1. The number of aliphatic hydroxyl groups excluding tert-OH is 1. The zero-order chi connectivity index (χ0) is 13.4. The van der Waals surface area contributed by atoms with Crippen LogP contribution in [0.3, 0.4) is 0 Å². The molecule has 0 unspecified atom stereocenters. The Balaban J connectivity index is 2.24. The van der Waals surface area contributed by atoms with Gasteiger partial charge in [-0.2, -0.15) is 11.8 Å². The summed E-state index contributed by atoms with van der Waals surface area (Å²) in [4.78, 5) is 22.3. The number of carboxylic acid groups (broad SMARTS) is 1. The van der Waals surface area contributed by atoms with Crippen molar-refractivity contribution in [3.63, 3.8) is 0 Å². The van der Waals surface area contributed by atoms with Crippen molar-refractivity contribution in [3.8, 4) is 0 Å². The molecule has 0 bridgehead atoms. The van der Waals surface area contributed by atoms with Crippen LogP contribution in [0, 0.1) is 5.92 Å². The maximum Gasteiger partial charge on any atom is 0.326 e. The lowest BCUT2D eigenvalue weighted by molar-refractivity contribution is -0.139. The molecule has 0 radical (unpaired) electrons. The predicted molar refractivity (Wildman–Crippen MR) is 69.7 cm³/mol. The summed E-state index contributed by atoms with van der Waals surface area (Å²) in [6.45, 7) is 0.314. The smallest absolute Gasteiger partial charge is 0.326 e. The van der Waals surface area contributed by atoms with Crippen LogP contribution in [0.1, 0.15) is 19.3 Å². The van der Waals surface area contributed by atoms with Crippen LogP contribution in [0.25, 0.3) is 0 Å². The molecule has 2 amide bonds. The lowest BCUT2D eigenvalue weighted by atomic mass is 10.0. The maximum absolute atomic E-state index is 11.5. The van der Waals surface area contributed by atoms with Gasteiger partial charge in [0.15, 0.2) is 0 Å². The number of hydrogen-bond acceptors (Lipinski definition) is 4. The van der Waals surface area contributed by atoms with E-state index in [0.29, 0.717) is 12.5 Å². The lowest BCUT2D eigenvalue weighted by Crippen LogP contribution is -2.47. The Morgan fingerprint density at radius 3 is 2.56 bits per heavy atom. The van der Waals surface area contributed by atoms with Gasteiger partial charge in [-0.15, -0.1) is 0 Å². The van der Waals surface area contributed by atoms with Gasteiger partial charge in [-0.3, -0.25) is 0 Å². The molecular formula is C11H20N2O4S. The Labute approximate surface area is 111 Å². The minimum Gasteiger partial charge on any atom is -0.480 e. The fourth-order valence-corrected chi connectivity index (χ4v) is 2.99. The Morgan fingerprint density at radius 1 is 1.33 bits per heavy atom. The molecule has 1 heterocycles. The van der Waals surface area contributed by atoms with Gasteiger partial charge in [0.05, 0.1) is 0 Å². The first-order valence-electron chi connectivity index (χ1n) is 6.09. The normalized spacial score (nSPS) is 18.1. The minimum absolute atomic E-state index is 0.0167. The summed E-state index contributed by atoms with van der Waals surface area (Å²) < 4.78 is 0. The summed E-state index contributed by atoms with van der Waals surface area (Å²) in [7, 11) is 0. The number of nitrogens with one attached hydrogen (secondary N) is 2. The van der Waals surface area contributed by atoms with Crippen LogP contribution in [0.5, 0.6) is 0 Å². The van der Waals surface area contributed by atoms with Crippen LogP contribution in [0.2, 0.25) is 0 Å². The van der Waals surface area contributed by atoms with Crippen LogP contribution < -0.4 is 10.6 Å². The fraction of sp³-hybridized carbons (Fsp3) is 0.818. The number of carbonyl (C=O) groups is 2. The molecule has 1 aliphatic rings. The molecule has 4 N–H and O–H groups in total. The Hall–Kier alpha value is -0.950. The van der Waals surface area contributed by atoms with Crippen LogP contribution >= 0.6 is 11.8 Å². The highest BCUT2D eigenvalue weighted by Crippen LogP contribution is 2.21. The van der Waals surface area contributed by atoms with Crippen LogP contribution in [0.4, 0.5) is 4.79 Å². The molecule has 18 heavy (non-hydrogen) atoms. The van der Waals surface area contributed by atoms with Crippen LogP contribution in [-0.4, -0.2) is 52.9 Å². The molecule has 1 rings (SSSR count). The van der Waals surface area contributed by atoms with E-state index in [1.165, 1.54) is 0 Å². The van der Waals surface area contributed by atoms with E-state index in [4.69, 9.17) is 10.2 Å². The molecule has 1 aliphatic heterocycles. The standard InChI is InChI=1S/C11H20N2O4S/c14-4-1-9(10(15)16)13-11(17)12-7-8-2-5-18-6-3-8/h8-9,14H,1-7H2,(H,15,16)(H2,12,13,17)/t9-/m0/s1. The topological polar surface area (TPSA) is 98.7 Å². The molecule has 7 heteroatoms. The van der Waals surface area contributed by atoms with E-state index in [-0.39, 0.29) is 13.0 Å². The van der Waals surface area contributed by atoms with Crippen molar-refractivity contribution in [1.29, 1.82) is 0 Å². The highest BCUT2D eigenvalue weighted by molar-refractivity contribution is 7.99. The molecular weight excluding hydrogens is 256 g/mol. The van der Waals surface area contributed by atoms with Crippen LogP contribution in [0.15, 0.2) is 0 Å². The molecule has 1 saturated heterocycles. The summed E-state index contributed by atoms with van der Waals surface area (Å²) in [6.07, 6.45) is 2.19. The third-order valence-corrected chi connectivity index (χ3v) is 3.96. The third-order valence-electron chi connectivity index (χ3n) is 2.91. The van der Waals surface area contributed by atoms with Crippen molar-refractivity contribution >= 4 is 23.8 Å². The van der Waals surface area contributed by atoms with Gasteiger partial charge in [0.1, 0.15) is 6.04 Å². The van der Waals surface area contributed by atoms with Crippen molar-refractivity contribution in [2.24, 2.45) is 5.92 Å². The highest BCUT2D eigenvalue weighted by atomic mass is 32.2. The van der Waals surface area contributed by atoms with Crippen molar-refractivity contribution in [3.05, 3.63) is 0 Å². The number of thioether (sulfide) groups is 1. The molecule has 0 aromatic heterocycles. The molecule has 1 atom stereocenters. The molecule has 0 aliphatic carbocycles. The van der Waals surface area contributed by atoms with Gasteiger partial charge in [-0.1, -0.05) is 0 Å². The van der Waals surface area contributed by atoms with E-state index in [1.54, 1.807) is 0 Å². The van der Waals surface area contributed by atoms with Crippen molar-refractivity contribution in [1.82, 2.24) is 10.6 Å². The summed E-state index contributed by atoms with van der Waals surface area (Å²) in [5, 5.41) is 22.5. The second-order valence-corrected chi connectivity index (χ2v) is 5.54. The first-order valence-corrected chi connectivity index (χ1v) is 7.24. The van der Waals surface area contributed by atoms with Crippen molar-refractivity contribution in [2.45, 2.75) is 25.3 Å². The van der Waals surface area contributed by atoms with Crippen LogP contribution in [-0.2, 0) is 4.79 Å². The number of hydrogen-bond donors (Lipinski definition) is 4. The third kappa shape index (κ3) is 5.59. The average molecular weight is 276 g/mol. The van der Waals surface area contributed by atoms with E-state index >= 15 is 0 Å². The van der Waals surface area contributed by atoms with E-state index in [9.17, 15) is 9.59 Å². The van der Waals surface area contributed by atoms with Gasteiger partial charge >= 0.3 is 12.0 Å². The fourth-order valence-electron chi connectivity index (χ4n) is 1.78. The average Bonchev–Trinajstić information content (AvgIpc) is 2.37. The Kier molecular flexibility index (Phi) is 6.89. The van der Waals surface area contributed by atoms with E-state index in [2.05, 4.69) is 10.6 Å². The zero-order valence-corrected chi connectivity index (χ0v) is 11.0. The Morgan fingerprint density at radius 2 is 2.00 bits per heavy atom. The molecule has 0 aromatic carbocycles. The number of aliphatic carboxylic acids is 1. The number of amides is 2. The summed E-state index contributed by atoms with van der Waals surface area (Å²) in [6, 6.07) is -1.51. The van der Waals surface area contributed by atoms with E-state index in [1.807, 2.05) is 11.8 Å². The lowest BCUT2D eigenvalue weighted by Gasteiger charge is -2.22. The van der Waals surface area contributed by atoms with Gasteiger partial charge in [0.2, 0.25) is 0 Å². The van der Waals surface area contributed by atoms with E-state index in [0.717, 1.165) is 24.3 Å². The maximum atomic E-state index is 11.5. The molecule has 0 spiro atoms. The number of aliphatic hydroxyl groups is 1. The van der Waals surface area contributed by atoms with Gasteiger partial charge in [-0.25, -0.2) is 9.59 Å². The molecule has 0 saturated carbocycles. The van der Waals surface area contributed by atoms with Gasteiger partial charge in [0.25, 0.3) is 0 Å². The minimum atomic E-state index is -1.13.